The molecule has 1 aliphatic rings. The molecule has 2 amide bonds. The van der Waals surface area contributed by atoms with Gasteiger partial charge < -0.3 is 15.4 Å². The minimum Gasteiger partial charge on any atom is -0.497 e. The van der Waals surface area contributed by atoms with Gasteiger partial charge in [-0.2, -0.15) is 0 Å². The second-order valence-electron chi connectivity index (χ2n) is 7.91. The molecular formula is C27H23N3O3S. The number of nitrogens with one attached hydrogen (secondary N) is 3. The molecule has 34 heavy (non-hydrogen) atoms. The molecule has 2 unspecified atom stereocenters. The molecule has 0 radical (unpaired) electrons. The zero-order valence-electron chi connectivity index (χ0n) is 18.4. The van der Waals surface area contributed by atoms with E-state index in [0.29, 0.717) is 16.3 Å². The lowest BCUT2D eigenvalue weighted by molar-refractivity contribution is -0.118. The number of amides is 2. The van der Waals surface area contributed by atoms with Crippen LogP contribution in [0.25, 0.3) is 0 Å². The van der Waals surface area contributed by atoms with Crippen LogP contribution in [0.2, 0.25) is 0 Å². The molecule has 1 aliphatic heterocycles. The monoisotopic (exact) mass is 469 g/mol. The van der Waals surface area contributed by atoms with Crippen LogP contribution >= 0.6 is 11.3 Å². The van der Waals surface area contributed by atoms with Crippen molar-refractivity contribution in [2.75, 3.05) is 12.4 Å². The molecule has 0 bridgehead atoms. The largest absolute Gasteiger partial charge is 0.497 e. The van der Waals surface area contributed by atoms with Crippen molar-refractivity contribution in [1.82, 2.24) is 10.6 Å². The molecular weight excluding hydrogens is 446 g/mol. The molecule has 2 heterocycles. The lowest BCUT2D eigenvalue weighted by atomic mass is 9.76. The molecule has 7 heteroatoms. The van der Waals surface area contributed by atoms with Gasteiger partial charge in [-0.1, -0.05) is 66.7 Å². The lowest BCUT2D eigenvalue weighted by Crippen LogP contribution is -2.59. The van der Waals surface area contributed by atoms with Gasteiger partial charge in [0, 0.05) is 11.3 Å². The zero-order valence-corrected chi connectivity index (χ0v) is 19.3. The van der Waals surface area contributed by atoms with Crippen molar-refractivity contribution < 1.29 is 14.3 Å². The number of rotatable bonds is 5. The smallest absolute Gasteiger partial charge is 0.262 e. The summed E-state index contributed by atoms with van der Waals surface area (Å²) in [7, 11) is 1.62. The van der Waals surface area contributed by atoms with Gasteiger partial charge in [-0.3, -0.25) is 14.9 Å². The van der Waals surface area contributed by atoms with E-state index in [2.05, 4.69) is 16.0 Å². The molecule has 0 spiro atoms. The fourth-order valence-electron chi connectivity index (χ4n) is 4.38. The van der Waals surface area contributed by atoms with Crippen molar-refractivity contribution in [1.29, 1.82) is 0 Å². The number of fused-ring (bicyclic) bond motifs is 1. The molecule has 2 atom stereocenters. The van der Waals surface area contributed by atoms with Crippen molar-refractivity contribution >= 4 is 28.8 Å². The van der Waals surface area contributed by atoms with Crippen LogP contribution in [0.1, 0.15) is 26.4 Å². The second-order valence-corrected chi connectivity index (χ2v) is 8.86. The number of ether oxygens (including phenoxy) is 1. The number of carbonyl (C=O) groups is 2. The number of anilines is 1. The molecule has 170 valence electrons. The van der Waals surface area contributed by atoms with E-state index in [1.807, 2.05) is 84.2 Å². The summed E-state index contributed by atoms with van der Waals surface area (Å²) in [4.78, 5) is 26.8. The van der Waals surface area contributed by atoms with Crippen LogP contribution < -0.4 is 20.7 Å². The quantitative estimate of drug-likeness (QED) is 0.406. The van der Waals surface area contributed by atoms with Gasteiger partial charge in [0.2, 0.25) is 0 Å². The van der Waals surface area contributed by atoms with E-state index in [0.717, 1.165) is 16.7 Å². The molecule has 1 aromatic heterocycles. The molecule has 6 nitrogen and oxygen atoms in total. The van der Waals surface area contributed by atoms with Gasteiger partial charge in [-0.15, -0.1) is 11.3 Å². The minimum atomic E-state index is -1.01. The number of para-hydroxylation sites is 1. The topological polar surface area (TPSA) is 79.5 Å². The Bertz CT molecular complexity index is 1320. The summed E-state index contributed by atoms with van der Waals surface area (Å²) in [5.41, 5.74) is 2.36. The van der Waals surface area contributed by atoms with Crippen LogP contribution in [-0.2, 0) is 10.3 Å². The number of thiophene rings is 1. The highest BCUT2D eigenvalue weighted by atomic mass is 32.1. The minimum absolute atomic E-state index is 0.318. The predicted molar refractivity (Wildman–Crippen MR) is 133 cm³/mol. The predicted octanol–water partition coefficient (Wildman–Crippen LogP) is 4.35. The zero-order chi connectivity index (χ0) is 23.5. The van der Waals surface area contributed by atoms with Gasteiger partial charge in [0.25, 0.3) is 11.8 Å². The van der Waals surface area contributed by atoms with Gasteiger partial charge in [0.1, 0.15) is 5.75 Å². The van der Waals surface area contributed by atoms with E-state index in [9.17, 15) is 9.59 Å². The first-order chi connectivity index (χ1) is 16.6. The van der Waals surface area contributed by atoms with E-state index >= 15 is 0 Å². The maximum Gasteiger partial charge on any atom is 0.262 e. The van der Waals surface area contributed by atoms with Gasteiger partial charge in [-0.25, -0.2) is 0 Å². The molecule has 3 aromatic carbocycles. The Kier molecular flexibility index (Phi) is 5.88. The molecule has 0 aliphatic carbocycles. The highest BCUT2D eigenvalue weighted by Gasteiger charge is 2.44. The van der Waals surface area contributed by atoms with Crippen LogP contribution in [0.3, 0.4) is 0 Å². The van der Waals surface area contributed by atoms with Crippen molar-refractivity contribution in [3.05, 3.63) is 118 Å². The molecule has 5 rings (SSSR count). The Morgan fingerprint density at radius 1 is 0.941 bits per heavy atom. The first-order valence-corrected chi connectivity index (χ1v) is 11.7. The van der Waals surface area contributed by atoms with Crippen LogP contribution in [0, 0.1) is 0 Å². The Labute approximate surface area is 201 Å². The van der Waals surface area contributed by atoms with Crippen LogP contribution in [0.5, 0.6) is 5.75 Å². The summed E-state index contributed by atoms with van der Waals surface area (Å²) in [5.74, 6) is 0.0223. The number of hydrogen-bond acceptors (Lipinski definition) is 5. The SMILES string of the molecule is COc1cccc(C2(c3ccccc3)NC(NC(=O)c3cccs3)C(=O)Nc3ccccc32)c1. The third-order valence-electron chi connectivity index (χ3n) is 5.94. The third kappa shape index (κ3) is 3.85. The summed E-state index contributed by atoms with van der Waals surface area (Å²) in [6, 6.07) is 28.8. The van der Waals surface area contributed by atoms with Crippen LogP contribution in [0.4, 0.5) is 5.69 Å². The number of carbonyl (C=O) groups excluding carboxylic acids is 2. The second kappa shape index (κ2) is 9.13. The third-order valence-corrected chi connectivity index (χ3v) is 6.81. The Morgan fingerprint density at radius 3 is 2.47 bits per heavy atom. The van der Waals surface area contributed by atoms with E-state index in [1.165, 1.54) is 11.3 Å². The van der Waals surface area contributed by atoms with E-state index in [4.69, 9.17) is 4.74 Å². The Morgan fingerprint density at radius 2 is 1.71 bits per heavy atom. The van der Waals surface area contributed by atoms with Crippen LogP contribution in [-0.4, -0.2) is 25.1 Å². The highest BCUT2D eigenvalue weighted by Crippen LogP contribution is 2.42. The fourth-order valence-corrected chi connectivity index (χ4v) is 5.01. The van der Waals surface area contributed by atoms with Gasteiger partial charge in [0.05, 0.1) is 17.5 Å². The molecule has 0 saturated carbocycles. The number of benzene rings is 3. The van der Waals surface area contributed by atoms with Crippen LogP contribution in [0.15, 0.2) is 96.4 Å². The first-order valence-electron chi connectivity index (χ1n) is 10.8. The summed E-state index contributed by atoms with van der Waals surface area (Å²) in [6.45, 7) is 0. The summed E-state index contributed by atoms with van der Waals surface area (Å²) in [5, 5.41) is 11.2. The van der Waals surface area contributed by atoms with Gasteiger partial charge >= 0.3 is 0 Å². The highest BCUT2D eigenvalue weighted by molar-refractivity contribution is 7.12. The molecule has 0 saturated heterocycles. The van der Waals surface area contributed by atoms with Crippen molar-refractivity contribution in [2.24, 2.45) is 0 Å². The normalized spacial score (nSPS) is 19.4. The summed E-state index contributed by atoms with van der Waals surface area (Å²) < 4.78 is 5.53. The maximum absolute atomic E-state index is 13.3. The average Bonchev–Trinajstić information content (AvgIpc) is 3.39. The molecule has 0 fully saturated rings. The Hall–Kier alpha value is -3.94. The first kappa shape index (κ1) is 21.9. The fraction of sp³-hybridized carbons (Fsp3) is 0.111. The van der Waals surface area contributed by atoms with Gasteiger partial charge in [-0.05, 0) is 40.8 Å². The van der Waals surface area contributed by atoms with E-state index < -0.39 is 11.7 Å². The van der Waals surface area contributed by atoms with Crippen molar-refractivity contribution in [3.8, 4) is 5.75 Å². The van der Waals surface area contributed by atoms with E-state index in [1.54, 1.807) is 19.2 Å². The summed E-state index contributed by atoms with van der Waals surface area (Å²) in [6.07, 6.45) is -1.01. The standard InChI is InChI=1S/C27H23N3O3S/c1-33-20-12-7-11-19(17-20)27(18-9-3-2-4-10-18)21-13-5-6-14-22(21)28-26(32)24(30-27)29-25(31)23-15-8-16-34-23/h2-17,24,30H,1H3,(H,28,32)(H,29,31). The van der Waals surface area contributed by atoms with E-state index in [-0.39, 0.29) is 11.8 Å². The van der Waals surface area contributed by atoms with Crippen molar-refractivity contribution in [3.63, 3.8) is 0 Å². The number of hydrogen-bond donors (Lipinski definition) is 3. The Balaban J connectivity index is 1.72. The average molecular weight is 470 g/mol. The molecule has 3 N–H and O–H groups in total. The van der Waals surface area contributed by atoms with Gasteiger partial charge in [0.15, 0.2) is 6.17 Å². The maximum atomic E-state index is 13.3. The summed E-state index contributed by atoms with van der Waals surface area (Å²) >= 11 is 1.32. The van der Waals surface area contributed by atoms with Crippen molar-refractivity contribution in [2.45, 2.75) is 11.7 Å². The number of methoxy groups -OCH3 is 1. The molecule has 4 aromatic rings. The lowest BCUT2D eigenvalue weighted by Gasteiger charge is -2.38.